The summed E-state index contributed by atoms with van der Waals surface area (Å²) in [5.74, 6) is 1.95. The van der Waals surface area contributed by atoms with Crippen LogP contribution < -0.4 is 5.73 Å². The lowest BCUT2D eigenvalue weighted by Crippen LogP contribution is -2.25. The van der Waals surface area contributed by atoms with E-state index in [-0.39, 0.29) is 0 Å². The van der Waals surface area contributed by atoms with Gasteiger partial charge < -0.3 is 15.2 Å². The van der Waals surface area contributed by atoms with E-state index in [1.165, 1.54) is 30.6 Å². The minimum atomic E-state index is 0.673. The van der Waals surface area contributed by atoms with Crippen LogP contribution in [-0.2, 0) is 6.54 Å². The fraction of sp³-hybridized carbons (Fsp3) is 0.588. The first-order chi connectivity index (χ1) is 10.2. The number of aromatic nitrogens is 2. The summed E-state index contributed by atoms with van der Waals surface area (Å²) in [6, 6.07) is 6.12. The maximum atomic E-state index is 5.89. The number of imidazole rings is 1. The van der Waals surface area contributed by atoms with Crippen LogP contribution in [0.3, 0.4) is 0 Å². The van der Waals surface area contributed by atoms with Crippen molar-refractivity contribution in [2.75, 3.05) is 25.4 Å². The quantitative estimate of drug-likeness (QED) is 0.795. The van der Waals surface area contributed by atoms with Crippen molar-refractivity contribution in [3.8, 4) is 0 Å². The lowest BCUT2D eigenvalue weighted by molar-refractivity contribution is 0.293. The summed E-state index contributed by atoms with van der Waals surface area (Å²) in [6.07, 6.45) is 3.75. The van der Waals surface area contributed by atoms with Gasteiger partial charge in [0.25, 0.3) is 0 Å². The van der Waals surface area contributed by atoms with Gasteiger partial charge in [-0.25, -0.2) is 4.98 Å². The molecule has 114 valence electrons. The Balaban J connectivity index is 1.80. The van der Waals surface area contributed by atoms with E-state index >= 15 is 0 Å². The fourth-order valence-electron chi connectivity index (χ4n) is 3.05. The second-order valence-corrected chi connectivity index (χ2v) is 6.02. The molecule has 1 saturated carbocycles. The SMILES string of the molecule is CCN(CC)CCCn1c(C2CC2)nc2cc(N)ccc21. The van der Waals surface area contributed by atoms with Crippen LogP contribution in [0.2, 0.25) is 0 Å². The molecule has 1 aromatic carbocycles. The Bertz CT molecular complexity index is 609. The molecule has 1 aliphatic carbocycles. The van der Waals surface area contributed by atoms with Crippen LogP contribution in [0.1, 0.15) is 44.9 Å². The largest absolute Gasteiger partial charge is 0.399 e. The molecule has 21 heavy (non-hydrogen) atoms. The Morgan fingerprint density at radius 3 is 2.71 bits per heavy atom. The summed E-state index contributed by atoms with van der Waals surface area (Å²) in [6.45, 7) is 8.94. The van der Waals surface area contributed by atoms with Gasteiger partial charge in [-0.2, -0.15) is 0 Å². The molecule has 0 spiro atoms. The van der Waals surface area contributed by atoms with Gasteiger partial charge in [0.05, 0.1) is 11.0 Å². The van der Waals surface area contributed by atoms with Gasteiger partial charge in [-0.3, -0.25) is 0 Å². The van der Waals surface area contributed by atoms with Gasteiger partial charge >= 0.3 is 0 Å². The first-order valence-electron chi connectivity index (χ1n) is 8.21. The minimum absolute atomic E-state index is 0.673. The third-order valence-corrected chi connectivity index (χ3v) is 4.49. The average molecular weight is 286 g/mol. The molecule has 1 aromatic heterocycles. The van der Waals surface area contributed by atoms with Crippen LogP contribution >= 0.6 is 0 Å². The van der Waals surface area contributed by atoms with Crippen molar-refractivity contribution >= 4 is 16.7 Å². The Labute approximate surface area is 126 Å². The molecule has 0 saturated heterocycles. The Kier molecular flexibility index (Phi) is 4.15. The van der Waals surface area contributed by atoms with Gasteiger partial charge in [-0.05, 0) is 57.1 Å². The minimum Gasteiger partial charge on any atom is -0.399 e. The highest BCUT2D eigenvalue weighted by atomic mass is 15.1. The maximum absolute atomic E-state index is 5.89. The first-order valence-corrected chi connectivity index (χ1v) is 8.21. The Hall–Kier alpha value is -1.55. The zero-order valence-corrected chi connectivity index (χ0v) is 13.2. The molecule has 0 atom stereocenters. The molecule has 0 aliphatic heterocycles. The average Bonchev–Trinajstić information content (AvgIpc) is 3.27. The molecule has 0 bridgehead atoms. The standard InChI is InChI=1S/C17H26N4/c1-3-20(4-2)10-5-11-21-16-9-8-14(18)12-15(16)19-17(21)13-6-7-13/h8-9,12-13H,3-7,10-11,18H2,1-2H3. The van der Waals surface area contributed by atoms with Gasteiger partial charge in [0.1, 0.15) is 5.82 Å². The van der Waals surface area contributed by atoms with Crippen molar-refractivity contribution in [1.29, 1.82) is 0 Å². The summed E-state index contributed by atoms with van der Waals surface area (Å²) < 4.78 is 2.43. The van der Waals surface area contributed by atoms with E-state index in [4.69, 9.17) is 10.7 Å². The van der Waals surface area contributed by atoms with Crippen LogP contribution in [0, 0.1) is 0 Å². The second kappa shape index (κ2) is 6.06. The van der Waals surface area contributed by atoms with E-state index in [0.717, 1.165) is 37.4 Å². The number of anilines is 1. The number of nitrogen functional groups attached to an aromatic ring is 1. The zero-order valence-electron chi connectivity index (χ0n) is 13.2. The van der Waals surface area contributed by atoms with E-state index in [1.807, 2.05) is 12.1 Å². The van der Waals surface area contributed by atoms with Crippen LogP contribution in [0.5, 0.6) is 0 Å². The molecule has 2 aromatic rings. The molecule has 4 nitrogen and oxygen atoms in total. The highest BCUT2D eigenvalue weighted by Gasteiger charge is 2.29. The van der Waals surface area contributed by atoms with Crippen molar-refractivity contribution in [2.45, 2.75) is 45.6 Å². The maximum Gasteiger partial charge on any atom is 0.112 e. The topological polar surface area (TPSA) is 47.1 Å². The summed E-state index contributed by atoms with van der Waals surface area (Å²) in [4.78, 5) is 7.32. The van der Waals surface area contributed by atoms with Gasteiger partial charge in [0.2, 0.25) is 0 Å². The number of hydrogen-bond acceptors (Lipinski definition) is 3. The number of hydrogen-bond donors (Lipinski definition) is 1. The molecule has 1 heterocycles. The van der Waals surface area contributed by atoms with Crippen molar-refractivity contribution in [2.24, 2.45) is 0 Å². The molecule has 0 unspecified atom stereocenters. The number of nitrogens with two attached hydrogens (primary N) is 1. The van der Waals surface area contributed by atoms with Gasteiger partial charge in [0, 0.05) is 18.2 Å². The predicted octanol–water partition coefficient (Wildman–Crippen LogP) is 3.23. The van der Waals surface area contributed by atoms with E-state index in [9.17, 15) is 0 Å². The number of nitrogens with zero attached hydrogens (tertiary/aromatic N) is 3. The first kappa shape index (κ1) is 14.4. The lowest BCUT2D eigenvalue weighted by atomic mass is 10.2. The van der Waals surface area contributed by atoms with Gasteiger partial charge in [0.15, 0.2) is 0 Å². The summed E-state index contributed by atoms with van der Waals surface area (Å²) in [5.41, 5.74) is 8.99. The van der Waals surface area contributed by atoms with Crippen molar-refractivity contribution < 1.29 is 0 Å². The molecular formula is C17H26N4. The normalized spacial score (nSPS) is 15.2. The smallest absolute Gasteiger partial charge is 0.112 e. The van der Waals surface area contributed by atoms with E-state index < -0.39 is 0 Å². The molecule has 2 N–H and O–H groups in total. The lowest BCUT2D eigenvalue weighted by Gasteiger charge is -2.18. The number of aryl methyl sites for hydroxylation is 1. The molecule has 0 radical (unpaired) electrons. The fourth-order valence-corrected chi connectivity index (χ4v) is 3.05. The van der Waals surface area contributed by atoms with Crippen molar-refractivity contribution in [3.05, 3.63) is 24.0 Å². The predicted molar refractivity (Wildman–Crippen MR) is 88.5 cm³/mol. The van der Waals surface area contributed by atoms with E-state index in [1.54, 1.807) is 0 Å². The zero-order chi connectivity index (χ0) is 14.8. The molecule has 4 heteroatoms. The highest BCUT2D eigenvalue weighted by molar-refractivity contribution is 5.79. The summed E-state index contributed by atoms with van der Waals surface area (Å²) in [7, 11) is 0. The third-order valence-electron chi connectivity index (χ3n) is 4.49. The number of rotatable bonds is 7. The second-order valence-electron chi connectivity index (χ2n) is 6.02. The molecule has 3 rings (SSSR count). The highest BCUT2D eigenvalue weighted by Crippen LogP contribution is 2.40. The third kappa shape index (κ3) is 3.05. The van der Waals surface area contributed by atoms with Crippen molar-refractivity contribution in [1.82, 2.24) is 14.5 Å². The Morgan fingerprint density at radius 1 is 1.29 bits per heavy atom. The van der Waals surface area contributed by atoms with Gasteiger partial charge in [-0.1, -0.05) is 13.8 Å². The van der Waals surface area contributed by atoms with Crippen LogP contribution in [0.25, 0.3) is 11.0 Å². The van der Waals surface area contributed by atoms with E-state index in [0.29, 0.717) is 5.92 Å². The molecule has 1 fully saturated rings. The van der Waals surface area contributed by atoms with Crippen LogP contribution in [0.4, 0.5) is 5.69 Å². The summed E-state index contributed by atoms with van der Waals surface area (Å²) in [5, 5.41) is 0. The van der Waals surface area contributed by atoms with Crippen LogP contribution in [0.15, 0.2) is 18.2 Å². The monoisotopic (exact) mass is 286 g/mol. The molecule has 0 amide bonds. The van der Waals surface area contributed by atoms with Crippen molar-refractivity contribution in [3.63, 3.8) is 0 Å². The molecule has 1 aliphatic rings. The number of benzene rings is 1. The van der Waals surface area contributed by atoms with E-state index in [2.05, 4.69) is 29.4 Å². The van der Waals surface area contributed by atoms with Crippen LogP contribution in [-0.4, -0.2) is 34.1 Å². The molecular weight excluding hydrogens is 260 g/mol. The summed E-state index contributed by atoms with van der Waals surface area (Å²) >= 11 is 0. The Morgan fingerprint density at radius 2 is 2.05 bits per heavy atom. The number of fused-ring (bicyclic) bond motifs is 1. The van der Waals surface area contributed by atoms with Gasteiger partial charge in [-0.15, -0.1) is 0 Å².